The van der Waals surface area contributed by atoms with Gasteiger partial charge in [0, 0.05) is 13.0 Å². The number of aromatic nitrogens is 3. The van der Waals surface area contributed by atoms with E-state index >= 15 is 0 Å². The summed E-state index contributed by atoms with van der Waals surface area (Å²) in [6, 6.07) is 0. The lowest BCUT2D eigenvalue weighted by molar-refractivity contribution is 0.0650. The number of alkyl halides is 6. The Morgan fingerprint density at radius 1 is 0.818 bits per heavy atom. The molecule has 1 heterocycles. The predicted molar refractivity (Wildman–Crippen MR) is 90.3 cm³/mol. The highest BCUT2D eigenvalue weighted by molar-refractivity contribution is 6.67. The number of nitrogens with zero attached hydrogens (tertiary/aromatic N) is 3. The van der Waals surface area contributed by atoms with Crippen LogP contribution in [0.1, 0.15) is 49.1 Å². The van der Waals surface area contributed by atoms with Crippen LogP contribution in [0.5, 0.6) is 0 Å². The van der Waals surface area contributed by atoms with Gasteiger partial charge in [-0.05, 0) is 25.7 Å². The number of hydrogen-bond donors (Lipinski definition) is 0. The first kappa shape index (κ1) is 19.0. The van der Waals surface area contributed by atoms with E-state index in [2.05, 4.69) is 15.0 Å². The van der Waals surface area contributed by atoms with Crippen molar-refractivity contribution in [3.63, 3.8) is 0 Å². The van der Waals surface area contributed by atoms with Crippen LogP contribution < -0.4 is 0 Å². The van der Waals surface area contributed by atoms with Crippen LogP contribution in [-0.2, 0) is 12.3 Å². The second kappa shape index (κ2) is 7.30. The third kappa shape index (κ3) is 4.85. The minimum absolute atomic E-state index is 0.0438. The molecule has 1 saturated carbocycles. The van der Waals surface area contributed by atoms with Crippen molar-refractivity contribution in [2.75, 3.05) is 7.11 Å². The second-order valence-corrected chi connectivity index (χ2v) is 9.61. The monoisotopic (exact) mass is 425 g/mol. The van der Waals surface area contributed by atoms with Crippen LogP contribution in [0, 0.1) is 0 Å². The summed E-state index contributed by atoms with van der Waals surface area (Å²) in [6.45, 7) is 0. The molecule has 0 aromatic carbocycles. The zero-order valence-corrected chi connectivity index (χ0v) is 16.0. The highest BCUT2D eigenvalue weighted by atomic mass is 35.6. The molecule has 0 atom stereocenters. The van der Waals surface area contributed by atoms with E-state index in [1.807, 2.05) is 0 Å². The fourth-order valence-electron chi connectivity index (χ4n) is 2.39. The maximum atomic E-state index is 5.87. The summed E-state index contributed by atoms with van der Waals surface area (Å²) in [7, 11) is 1.70. The van der Waals surface area contributed by atoms with Crippen molar-refractivity contribution >= 4 is 69.6 Å². The number of halogens is 6. The fourth-order valence-corrected chi connectivity index (χ4v) is 2.89. The van der Waals surface area contributed by atoms with Crippen molar-refractivity contribution in [2.24, 2.45) is 0 Å². The van der Waals surface area contributed by atoms with Crippen LogP contribution >= 0.6 is 69.6 Å². The first-order valence-corrected chi connectivity index (χ1v) is 8.81. The van der Waals surface area contributed by atoms with Crippen molar-refractivity contribution in [1.29, 1.82) is 0 Å². The van der Waals surface area contributed by atoms with Gasteiger partial charge < -0.3 is 4.74 Å². The Balaban J connectivity index is 2.35. The van der Waals surface area contributed by atoms with E-state index in [4.69, 9.17) is 74.3 Å². The summed E-state index contributed by atoms with van der Waals surface area (Å²) in [5, 5.41) is 0. The van der Waals surface area contributed by atoms with Crippen LogP contribution in [-0.4, -0.2) is 28.2 Å². The van der Waals surface area contributed by atoms with Crippen molar-refractivity contribution in [1.82, 2.24) is 15.0 Å². The molecule has 1 aliphatic rings. The van der Waals surface area contributed by atoms with Gasteiger partial charge in [-0.3, -0.25) is 0 Å². The Kier molecular flexibility index (Phi) is 6.32. The van der Waals surface area contributed by atoms with Crippen LogP contribution in [0.25, 0.3) is 0 Å². The lowest BCUT2D eigenvalue weighted by Gasteiger charge is -2.27. The highest BCUT2D eigenvalue weighted by Crippen LogP contribution is 2.41. The number of hydrogen-bond acceptors (Lipinski definition) is 4. The minimum atomic E-state index is -1.81. The number of ether oxygens (including phenoxy) is 1. The largest absolute Gasteiger partial charge is 0.381 e. The first-order chi connectivity index (χ1) is 10.1. The molecule has 0 unspecified atom stereocenters. The normalized spacial score (nSPS) is 23.6. The van der Waals surface area contributed by atoms with Crippen LogP contribution in [0.3, 0.4) is 0 Å². The van der Waals surface area contributed by atoms with E-state index in [-0.39, 0.29) is 23.7 Å². The van der Waals surface area contributed by atoms with E-state index in [0.717, 1.165) is 25.7 Å². The van der Waals surface area contributed by atoms with Gasteiger partial charge in [-0.15, -0.1) is 0 Å². The summed E-state index contributed by atoms with van der Waals surface area (Å²) < 4.78 is 1.72. The number of rotatable bonds is 2. The standard InChI is InChI=1S/C12H13Cl6N3O/c1-22-7-4-2-6(3-5-7)8-19-9(11(13,14)15)21-10(20-8)12(16,17)18/h6-7H,2-5H2,1H3. The maximum absolute atomic E-state index is 5.87. The van der Waals surface area contributed by atoms with Crippen LogP contribution in [0.4, 0.5) is 0 Å². The van der Waals surface area contributed by atoms with Gasteiger partial charge in [0.1, 0.15) is 5.82 Å². The van der Waals surface area contributed by atoms with E-state index in [1.165, 1.54) is 0 Å². The van der Waals surface area contributed by atoms with Crippen molar-refractivity contribution in [2.45, 2.75) is 45.3 Å². The lowest BCUT2D eigenvalue weighted by Crippen LogP contribution is -2.24. The Morgan fingerprint density at radius 3 is 1.64 bits per heavy atom. The van der Waals surface area contributed by atoms with Gasteiger partial charge in [0.05, 0.1) is 6.10 Å². The van der Waals surface area contributed by atoms with E-state index in [0.29, 0.717) is 5.82 Å². The molecular formula is C12H13Cl6N3O. The van der Waals surface area contributed by atoms with Gasteiger partial charge in [0.2, 0.25) is 7.59 Å². The van der Waals surface area contributed by atoms with E-state index in [9.17, 15) is 0 Å². The zero-order chi connectivity index (χ0) is 16.5. The van der Waals surface area contributed by atoms with Gasteiger partial charge in [-0.1, -0.05) is 69.6 Å². The van der Waals surface area contributed by atoms with Gasteiger partial charge >= 0.3 is 0 Å². The maximum Gasteiger partial charge on any atom is 0.250 e. The molecule has 1 aromatic rings. The van der Waals surface area contributed by atoms with Crippen molar-refractivity contribution < 1.29 is 4.74 Å². The van der Waals surface area contributed by atoms with Crippen LogP contribution in [0.15, 0.2) is 0 Å². The van der Waals surface area contributed by atoms with E-state index < -0.39 is 7.59 Å². The third-order valence-electron chi connectivity index (χ3n) is 3.53. The molecule has 1 fully saturated rings. The molecule has 0 bridgehead atoms. The lowest BCUT2D eigenvalue weighted by atomic mass is 9.87. The molecule has 22 heavy (non-hydrogen) atoms. The molecule has 10 heteroatoms. The average Bonchev–Trinajstić information content (AvgIpc) is 2.45. The topological polar surface area (TPSA) is 47.9 Å². The van der Waals surface area contributed by atoms with E-state index in [1.54, 1.807) is 7.11 Å². The Labute approximate surface area is 158 Å². The molecule has 124 valence electrons. The third-order valence-corrected chi connectivity index (χ3v) is 4.55. The first-order valence-electron chi connectivity index (χ1n) is 6.54. The number of methoxy groups -OCH3 is 1. The minimum Gasteiger partial charge on any atom is -0.381 e. The Morgan fingerprint density at radius 2 is 1.27 bits per heavy atom. The molecule has 0 aliphatic heterocycles. The second-order valence-electron chi connectivity index (χ2n) is 5.05. The van der Waals surface area contributed by atoms with Gasteiger partial charge in [0.15, 0.2) is 11.6 Å². The Bertz CT molecular complexity index is 490. The Hall–Kier alpha value is 0.710. The smallest absolute Gasteiger partial charge is 0.250 e. The highest BCUT2D eigenvalue weighted by Gasteiger charge is 2.35. The molecule has 0 amide bonds. The summed E-state index contributed by atoms with van der Waals surface area (Å²) in [5.74, 6) is 0.481. The molecule has 1 aromatic heterocycles. The summed E-state index contributed by atoms with van der Waals surface area (Å²) in [4.78, 5) is 12.5. The summed E-state index contributed by atoms with van der Waals surface area (Å²) in [6.07, 6.45) is 3.75. The van der Waals surface area contributed by atoms with Crippen molar-refractivity contribution in [3.05, 3.63) is 17.5 Å². The van der Waals surface area contributed by atoms with Gasteiger partial charge in [-0.25, -0.2) is 15.0 Å². The zero-order valence-electron chi connectivity index (χ0n) is 11.5. The van der Waals surface area contributed by atoms with Gasteiger partial charge in [-0.2, -0.15) is 0 Å². The summed E-state index contributed by atoms with van der Waals surface area (Å²) in [5.41, 5.74) is 0. The summed E-state index contributed by atoms with van der Waals surface area (Å²) >= 11 is 35.2. The SMILES string of the molecule is COC1CCC(c2nc(C(Cl)(Cl)Cl)nc(C(Cl)(Cl)Cl)n2)CC1. The fraction of sp³-hybridized carbons (Fsp3) is 0.750. The van der Waals surface area contributed by atoms with Crippen molar-refractivity contribution in [3.8, 4) is 0 Å². The molecular weight excluding hydrogens is 415 g/mol. The molecule has 0 saturated heterocycles. The molecule has 1 aliphatic carbocycles. The molecule has 4 nitrogen and oxygen atoms in total. The van der Waals surface area contributed by atoms with Crippen LogP contribution in [0.2, 0.25) is 0 Å². The average molecular weight is 428 g/mol. The predicted octanol–water partition coefficient (Wildman–Crippen LogP) is 5.20. The molecule has 0 radical (unpaired) electrons. The molecule has 0 N–H and O–H groups in total. The van der Waals surface area contributed by atoms with Gasteiger partial charge in [0.25, 0.3) is 0 Å². The quantitative estimate of drug-likeness (QED) is 0.609. The molecule has 2 rings (SSSR count). The molecule has 0 spiro atoms.